The van der Waals surface area contributed by atoms with Crippen LogP contribution in [0.25, 0.3) is 0 Å². The normalized spacial score (nSPS) is 11.7. The van der Waals surface area contributed by atoms with Crippen molar-refractivity contribution in [1.82, 2.24) is 10.2 Å². The van der Waals surface area contributed by atoms with Crippen molar-refractivity contribution >= 4 is 17.5 Å². The first-order chi connectivity index (χ1) is 16.7. The van der Waals surface area contributed by atoms with Gasteiger partial charge in [0.1, 0.15) is 6.04 Å². The van der Waals surface area contributed by atoms with Gasteiger partial charge in [-0.25, -0.2) is 0 Å². The van der Waals surface area contributed by atoms with Crippen LogP contribution in [-0.2, 0) is 29.0 Å². The van der Waals surface area contributed by atoms with Crippen molar-refractivity contribution in [1.29, 1.82) is 0 Å². The molecule has 0 heterocycles. The van der Waals surface area contributed by atoms with Crippen LogP contribution in [-0.4, -0.2) is 33.7 Å². The van der Waals surface area contributed by atoms with E-state index >= 15 is 0 Å². The van der Waals surface area contributed by atoms with Crippen LogP contribution in [0, 0.1) is 17.0 Å². The third-order valence-electron chi connectivity index (χ3n) is 5.67. The van der Waals surface area contributed by atoms with Gasteiger partial charge in [0.25, 0.3) is 5.69 Å². The summed E-state index contributed by atoms with van der Waals surface area (Å²) in [6.45, 7) is 5.93. The summed E-state index contributed by atoms with van der Waals surface area (Å²) in [5, 5.41) is 14.5. The summed E-state index contributed by atoms with van der Waals surface area (Å²) in [5.74, 6) is -0.604. The highest BCUT2D eigenvalue weighted by Gasteiger charge is 2.31. The molecule has 0 aliphatic carbocycles. The van der Waals surface area contributed by atoms with Crippen LogP contribution >= 0.6 is 0 Å². The molecule has 0 aliphatic rings. The maximum Gasteiger partial charge on any atom is 0.273 e. The zero-order valence-electron chi connectivity index (χ0n) is 20.3. The van der Waals surface area contributed by atoms with Gasteiger partial charge in [0.05, 0.1) is 11.3 Å². The number of nitro groups is 1. The summed E-state index contributed by atoms with van der Waals surface area (Å²) in [6, 6.07) is 22.6. The Morgan fingerprint density at radius 3 is 2.26 bits per heavy atom. The van der Waals surface area contributed by atoms with Crippen molar-refractivity contribution in [3.8, 4) is 0 Å². The number of para-hydroxylation sites is 1. The molecule has 0 aliphatic heterocycles. The van der Waals surface area contributed by atoms with Gasteiger partial charge in [0.2, 0.25) is 11.8 Å². The third-order valence-corrected chi connectivity index (χ3v) is 5.67. The van der Waals surface area contributed by atoms with Crippen molar-refractivity contribution in [2.45, 2.75) is 52.2 Å². The zero-order valence-corrected chi connectivity index (χ0v) is 20.3. The maximum absolute atomic E-state index is 13.7. The summed E-state index contributed by atoms with van der Waals surface area (Å²) in [6.07, 6.45) is 0.150. The van der Waals surface area contributed by atoms with E-state index in [-0.39, 0.29) is 36.5 Å². The summed E-state index contributed by atoms with van der Waals surface area (Å²) >= 11 is 0. The number of hydrogen-bond acceptors (Lipinski definition) is 4. The van der Waals surface area contributed by atoms with Gasteiger partial charge in [-0.05, 0) is 31.9 Å². The van der Waals surface area contributed by atoms with Crippen LogP contribution < -0.4 is 5.32 Å². The molecule has 0 fully saturated rings. The average Bonchev–Trinajstić information content (AvgIpc) is 2.81. The Morgan fingerprint density at radius 1 is 0.943 bits per heavy atom. The Bertz CT molecular complexity index is 1180. The van der Waals surface area contributed by atoms with Gasteiger partial charge in [-0.1, -0.05) is 78.4 Å². The number of aryl methyl sites for hydroxylation is 1. The third kappa shape index (κ3) is 7.24. The topological polar surface area (TPSA) is 92.6 Å². The summed E-state index contributed by atoms with van der Waals surface area (Å²) in [4.78, 5) is 39.7. The molecule has 182 valence electrons. The molecule has 0 aromatic heterocycles. The Balaban J connectivity index is 2.01. The van der Waals surface area contributed by atoms with Gasteiger partial charge >= 0.3 is 0 Å². The SMILES string of the molecule is Cc1cccc(CN(C(=O)Cc2ccccc2[N+](=O)[O-])[C@H](Cc2ccccc2)C(=O)NC(C)C)c1. The van der Waals surface area contributed by atoms with Gasteiger partial charge in [-0.3, -0.25) is 19.7 Å². The van der Waals surface area contributed by atoms with Crippen molar-refractivity contribution in [2.75, 3.05) is 0 Å². The van der Waals surface area contributed by atoms with E-state index < -0.39 is 11.0 Å². The van der Waals surface area contributed by atoms with Crippen LogP contribution in [0.1, 0.15) is 36.1 Å². The fourth-order valence-corrected chi connectivity index (χ4v) is 4.04. The lowest BCUT2D eigenvalue weighted by Crippen LogP contribution is -2.52. The highest BCUT2D eigenvalue weighted by atomic mass is 16.6. The number of carbonyl (C=O) groups is 2. The highest BCUT2D eigenvalue weighted by molar-refractivity contribution is 5.89. The second-order valence-electron chi connectivity index (χ2n) is 8.94. The molecular formula is C28H31N3O4. The lowest BCUT2D eigenvalue weighted by Gasteiger charge is -2.32. The van der Waals surface area contributed by atoms with Crippen LogP contribution in [0.2, 0.25) is 0 Å². The molecule has 7 heteroatoms. The van der Waals surface area contributed by atoms with E-state index in [1.54, 1.807) is 23.1 Å². The molecule has 1 atom stereocenters. The van der Waals surface area contributed by atoms with E-state index in [2.05, 4.69) is 5.32 Å². The minimum absolute atomic E-state index is 0.105. The van der Waals surface area contributed by atoms with Crippen LogP contribution in [0.5, 0.6) is 0 Å². The number of nitrogens with one attached hydrogen (secondary N) is 1. The predicted octanol–water partition coefficient (Wildman–Crippen LogP) is 4.61. The molecule has 3 rings (SSSR count). The highest BCUT2D eigenvalue weighted by Crippen LogP contribution is 2.22. The van der Waals surface area contributed by atoms with Crippen molar-refractivity contribution in [2.24, 2.45) is 0 Å². The Hall–Kier alpha value is -4.00. The molecule has 35 heavy (non-hydrogen) atoms. The molecule has 7 nitrogen and oxygen atoms in total. The Kier molecular flexibility index (Phi) is 8.73. The van der Waals surface area contributed by atoms with E-state index in [4.69, 9.17) is 0 Å². The molecule has 1 N–H and O–H groups in total. The molecule has 0 unspecified atom stereocenters. The zero-order chi connectivity index (χ0) is 25.4. The minimum Gasteiger partial charge on any atom is -0.352 e. The molecule has 0 saturated carbocycles. The Labute approximate surface area is 205 Å². The molecule has 0 radical (unpaired) electrons. The first-order valence-corrected chi connectivity index (χ1v) is 11.7. The predicted molar refractivity (Wildman–Crippen MR) is 136 cm³/mol. The minimum atomic E-state index is -0.782. The van der Waals surface area contributed by atoms with E-state index in [9.17, 15) is 19.7 Å². The largest absolute Gasteiger partial charge is 0.352 e. The molecule has 3 aromatic rings. The van der Waals surface area contributed by atoms with Gasteiger partial charge in [-0.15, -0.1) is 0 Å². The summed E-state index contributed by atoms with van der Waals surface area (Å²) in [5.41, 5.74) is 3.06. The van der Waals surface area contributed by atoms with Crippen LogP contribution in [0.3, 0.4) is 0 Å². The van der Waals surface area contributed by atoms with Gasteiger partial charge in [-0.2, -0.15) is 0 Å². The monoisotopic (exact) mass is 473 g/mol. The number of benzene rings is 3. The quantitative estimate of drug-likeness (QED) is 0.344. The maximum atomic E-state index is 13.7. The van der Waals surface area contributed by atoms with E-state index in [1.165, 1.54) is 6.07 Å². The standard InChI is InChI=1S/C28H31N3O4/c1-20(2)29-28(33)26(17-22-11-5-4-6-12-22)30(19-23-13-9-10-21(3)16-23)27(32)18-24-14-7-8-15-25(24)31(34)35/h4-16,20,26H,17-19H2,1-3H3,(H,29,33)/t26-/m1/s1. The van der Waals surface area contributed by atoms with Crippen LogP contribution in [0.15, 0.2) is 78.9 Å². The molecule has 2 amide bonds. The average molecular weight is 474 g/mol. The number of hydrogen-bond donors (Lipinski definition) is 1. The van der Waals surface area contributed by atoms with Crippen molar-refractivity contribution in [3.05, 3.63) is 111 Å². The first kappa shape index (κ1) is 25.6. The van der Waals surface area contributed by atoms with Gasteiger partial charge < -0.3 is 10.2 Å². The number of carbonyl (C=O) groups excluding carboxylic acids is 2. The van der Waals surface area contributed by atoms with E-state index in [0.29, 0.717) is 12.0 Å². The van der Waals surface area contributed by atoms with Crippen molar-refractivity contribution < 1.29 is 14.5 Å². The lowest BCUT2D eigenvalue weighted by molar-refractivity contribution is -0.385. The molecule has 0 bridgehead atoms. The van der Waals surface area contributed by atoms with Gasteiger partial charge in [0, 0.05) is 30.6 Å². The number of nitrogens with zero attached hydrogens (tertiary/aromatic N) is 2. The number of nitro benzene ring substituents is 1. The second-order valence-corrected chi connectivity index (χ2v) is 8.94. The van der Waals surface area contributed by atoms with E-state index in [0.717, 1.165) is 16.7 Å². The lowest BCUT2D eigenvalue weighted by atomic mass is 10.0. The first-order valence-electron chi connectivity index (χ1n) is 11.7. The van der Waals surface area contributed by atoms with E-state index in [1.807, 2.05) is 75.4 Å². The molecule has 0 spiro atoms. The molecule has 3 aromatic carbocycles. The number of rotatable bonds is 10. The summed E-state index contributed by atoms with van der Waals surface area (Å²) < 4.78 is 0. The second kappa shape index (κ2) is 11.9. The number of amides is 2. The van der Waals surface area contributed by atoms with Crippen LogP contribution in [0.4, 0.5) is 5.69 Å². The molecular weight excluding hydrogens is 442 g/mol. The van der Waals surface area contributed by atoms with Crippen molar-refractivity contribution in [3.63, 3.8) is 0 Å². The fraction of sp³-hybridized carbons (Fsp3) is 0.286. The van der Waals surface area contributed by atoms with Gasteiger partial charge in [0.15, 0.2) is 0 Å². The smallest absolute Gasteiger partial charge is 0.273 e. The molecule has 0 saturated heterocycles. The Morgan fingerprint density at radius 2 is 1.60 bits per heavy atom. The fourth-order valence-electron chi connectivity index (χ4n) is 4.04. The summed E-state index contributed by atoms with van der Waals surface area (Å²) in [7, 11) is 0.